The number of halogens is 2. The zero-order valence-electron chi connectivity index (χ0n) is 6.96. The first-order chi connectivity index (χ1) is 5.99. The Hall–Kier alpha value is -0.420. The average molecular weight is 222 g/mol. The highest BCUT2D eigenvalue weighted by Crippen LogP contribution is 2.30. The molecule has 0 aliphatic carbocycles. The van der Waals surface area contributed by atoms with Gasteiger partial charge in [-0.2, -0.15) is 0 Å². The molecule has 13 heavy (non-hydrogen) atoms. The monoisotopic (exact) mass is 221 g/mol. The topological polar surface area (TPSA) is 72.0 Å². The summed E-state index contributed by atoms with van der Waals surface area (Å²) in [5.74, 6) is 0. The maximum Gasteiger partial charge on any atom is 0.140 e. The summed E-state index contributed by atoms with van der Waals surface area (Å²) in [5.41, 5.74) is 4.32. The van der Waals surface area contributed by atoms with Crippen LogP contribution in [-0.4, -0.2) is 21.6 Å². The minimum atomic E-state index is -1.30. The summed E-state index contributed by atoms with van der Waals surface area (Å²) < 4.78 is 0. The fourth-order valence-corrected chi connectivity index (χ4v) is 1.61. The number of aliphatic hydroxyl groups is 1. The molecule has 0 bridgehead atoms. The standard InChI is InChI=1S/C7H9Cl2N3O/c1-7(13,2-10)4-5(8)11-3-12-6(4)9/h3,13H,2,10H2,1H3. The second kappa shape index (κ2) is 3.75. The Morgan fingerprint density at radius 1 is 1.46 bits per heavy atom. The van der Waals surface area contributed by atoms with E-state index in [9.17, 15) is 5.11 Å². The Morgan fingerprint density at radius 3 is 2.31 bits per heavy atom. The van der Waals surface area contributed by atoms with Crippen molar-refractivity contribution < 1.29 is 5.11 Å². The highest BCUT2D eigenvalue weighted by molar-refractivity contribution is 6.34. The molecule has 72 valence electrons. The van der Waals surface area contributed by atoms with Crippen LogP contribution in [0.15, 0.2) is 6.33 Å². The van der Waals surface area contributed by atoms with E-state index in [1.54, 1.807) is 0 Å². The predicted molar refractivity (Wildman–Crippen MR) is 50.7 cm³/mol. The Morgan fingerprint density at radius 2 is 1.92 bits per heavy atom. The molecule has 1 unspecified atom stereocenters. The zero-order chi connectivity index (χ0) is 10.1. The van der Waals surface area contributed by atoms with Gasteiger partial charge in [0.05, 0.1) is 5.56 Å². The molecule has 4 nitrogen and oxygen atoms in total. The molecule has 0 saturated carbocycles. The van der Waals surface area contributed by atoms with Gasteiger partial charge >= 0.3 is 0 Å². The Kier molecular flexibility index (Phi) is 3.08. The van der Waals surface area contributed by atoms with E-state index in [2.05, 4.69) is 9.97 Å². The number of nitrogens with two attached hydrogens (primary N) is 1. The first-order valence-corrected chi connectivity index (χ1v) is 4.33. The first-order valence-electron chi connectivity index (χ1n) is 3.58. The molecule has 1 rings (SSSR count). The van der Waals surface area contributed by atoms with Gasteiger partial charge in [0.1, 0.15) is 22.2 Å². The molecule has 0 aromatic carbocycles. The van der Waals surface area contributed by atoms with Crippen LogP contribution >= 0.6 is 23.2 Å². The van der Waals surface area contributed by atoms with Gasteiger partial charge in [0, 0.05) is 6.54 Å². The molecule has 0 saturated heterocycles. The lowest BCUT2D eigenvalue weighted by atomic mass is 10.00. The highest BCUT2D eigenvalue weighted by atomic mass is 35.5. The van der Waals surface area contributed by atoms with Crippen LogP contribution in [0.4, 0.5) is 0 Å². The van der Waals surface area contributed by atoms with E-state index in [4.69, 9.17) is 28.9 Å². The molecular formula is C7H9Cl2N3O. The second-order valence-electron chi connectivity index (χ2n) is 2.81. The van der Waals surface area contributed by atoms with Crippen LogP contribution in [0, 0.1) is 0 Å². The van der Waals surface area contributed by atoms with Crippen LogP contribution in [0.1, 0.15) is 12.5 Å². The van der Waals surface area contributed by atoms with E-state index in [-0.39, 0.29) is 22.4 Å². The molecule has 1 aromatic rings. The third kappa shape index (κ3) is 2.08. The molecule has 6 heteroatoms. The molecule has 0 spiro atoms. The molecule has 3 N–H and O–H groups in total. The Balaban J connectivity index is 3.28. The van der Waals surface area contributed by atoms with Gasteiger partial charge in [-0.15, -0.1) is 0 Å². The molecule has 0 fully saturated rings. The maximum absolute atomic E-state index is 9.78. The summed E-state index contributed by atoms with van der Waals surface area (Å²) in [6.07, 6.45) is 1.22. The van der Waals surface area contributed by atoms with Crippen molar-refractivity contribution in [2.75, 3.05) is 6.54 Å². The third-order valence-electron chi connectivity index (χ3n) is 1.69. The van der Waals surface area contributed by atoms with Gasteiger partial charge in [-0.3, -0.25) is 0 Å². The number of nitrogens with zero attached hydrogens (tertiary/aromatic N) is 2. The largest absolute Gasteiger partial charge is 0.384 e. The molecule has 0 aliphatic heterocycles. The number of rotatable bonds is 2. The lowest BCUT2D eigenvalue weighted by Gasteiger charge is -2.22. The van der Waals surface area contributed by atoms with Crippen LogP contribution in [0.5, 0.6) is 0 Å². The van der Waals surface area contributed by atoms with Crippen molar-refractivity contribution in [2.45, 2.75) is 12.5 Å². The van der Waals surface area contributed by atoms with Gasteiger partial charge in [-0.05, 0) is 6.92 Å². The summed E-state index contributed by atoms with van der Waals surface area (Å²) in [7, 11) is 0. The van der Waals surface area contributed by atoms with Crippen LogP contribution < -0.4 is 5.73 Å². The van der Waals surface area contributed by atoms with Crippen LogP contribution in [0.25, 0.3) is 0 Å². The molecule has 0 radical (unpaired) electrons. The quantitative estimate of drug-likeness (QED) is 0.730. The van der Waals surface area contributed by atoms with Gasteiger partial charge < -0.3 is 10.8 Å². The fourth-order valence-electron chi connectivity index (χ4n) is 0.891. The Labute approximate surface area is 85.7 Å². The lowest BCUT2D eigenvalue weighted by Crippen LogP contribution is -2.32. The van der Waals surface area contributed by atoms with E-state index in [1.807, 2.05) is 0 Å². The van der Waals surface area contributed by atoms with Gasteiger partial charge in [-0.25, -0.2) is 9.97 Å². The number of hydrogen-bond donors (Lipinski definition) is 2. The van der Waals surface area contributed by atoms with E-state index >= 15 is 0 Å². The normalized spacial score (nSPS) is 15.5. The summed E-state index contributed by atoms with van der Waals surface area (Å²) in [4.78, 5) is 7.42. The lowest BCUT2D eigenvalue weighted by molar-refractivity contribution is 0.0663. The van der Waals surface area contributed by atoms with Crippen molar-refractivity contribution in [3.05, 3.63) is 22.2 Å². The van der Waals surface area contributed by atoms with E-state index in [0.717, 1.165) is 0 Å². The molecule has 1 heterocycles. The predicted octanol–water partition coefficient (Wildman–Crippen LogP) is 0.950. The highest BCUT2D eigenvalue weighted by Gasteiger charge is 2.28. The van der Waals surface area contributed by atoms with Gasteiger partial charge in [0.25, 0.3) is 0 Å². The second-order valence-corrected chi connectivity index (χ2v) is 3.52. The van der Waals surface area contributed by atoms with Crippen LogP contribution in [0.2, 0.25) is 10.3 Å². The molecule has 0 aliphatic rings. The van der Waals surface area contributed by atoms with Gasteiger partial charge in [0.15, 0.2) is 0 Å². The average Bonchev–Trinajstić information content (AvgIpc) is 2.03. The summed E-state index contributed by atoms with van der Waals surface area (Å²) >= 11 is 11.5. The Bertz CT molecular complexity index is 296. The molecule has 1 aromatic heterocycles. The van der Waals surface area contributed by atoms with E-state index in [1.165, 1.54) is 13.3 Å². The molecule has 1 atom stereocenters. The SMILES string of the molecule is CC(O)(CN)c1c(Cl)ncnc1Cl. The minimum absolute atomic E-state index is 0.000185. The van der Waals surface area contributed by atoms with Crippen molar-refractivity contribution in [3.8, 4) is 0 Å². The fraction of sp³-hybridized carbons (Fsp3) is 0.429. The smallest absolute Gasteiger partial charge is 0.140 e. The first kappa shape index (κ1) is 10.7. The van der Waals surface area contributed by atoms with Crippen molar-refractivity contribution in [1.82, 2.24) is 9.97 Å². The van der Waals surface area contributed by atoms with Crippen molar-refractivity contribution >= 4 is 23.2 Å². The molecular weight excluding hydrogens is 213 g/mol. The molecule has 0 amide bonds. The third-order valence-corrected chi connectivity index (χ3v) is 2.26. The van der Waals surface area contributed by atoms with Crippen molar-refractivity contribution in [1.29, 1.82) is 0 Å². The number of aromatic nitrogens is 2. The zero-order valence-corrected chi connectivity index (χ0v) is 8.47. The number of hydrogen-bond acceptors (Lipinski definition) is 4. The summed E-state index contributed by atoms with van der Waals surface area (Å²) in [6, 6.07) is 0. The van der Waals surface area contributed by atoms with Gasteiger partial charge in [0.2, 0.25) is 0 Å². The van der Waals surface area contributed by atoms with E-state index in [0.29, 0.717) is 0 Å². The van der Waals surface area contributed by atoms with Crippen molar-refractivity contribution in [3.63, 3.8) is 0 Å². The van der Waals surface area contributed by atoms with Gasteiger partial charge in [-0.1, -0.05) is 23.2 Å². The van der Waals surface area contributed by atoms with Crippen LogP contribution in [-0.2, 0) is 5.60 Å². The van der Waals surface area contributed by atoms with Crippen molar-refractivity contribution in [2.24, 2.45) is 5.73 Å². The minimum Gasteiger partial charge on any atom is -0.384 e. The summed E-state index contributed by atoms with van der Waals surface area (Å²) in [5, 5.41) is 10.0. The van der Waals surface area contributed by atoms with E-state index < -0.39 is 5.60 Å². The van der Waals surface area contributed by atoms with Crippen LogP contribution in [0.3, 0.4) is 0 Å². The summed E-state index contributed by atoms with van der Waals surface area (Å²) in [6.45, 7) is 1.50. The maximum atomic E-state index is 9.78.